The maximum absolute atomic E-state index is 10.8. The third-order valence-electron chi connectivity index (χ3n) is 1.70. The molecule has 3 heteroatoms. The molecule has 3 nitrogen and oxygen atoms in total. The van der Waals surface area contributed by atoms with Crippen molar-refractivity contribution in [1.82, 2.24) is 4.98 Å². The van der Waals surface area contributed by atoms with Gasteiger partial charge in [0.2, 0.25) is 5.56 Å². The summed E-state index contributed by atoms with van der Waals surface area (Å²) in [6, 6.07) is 1.53. The summed E-state index contributed by atoms with van der Waals surface area (Å²) < 4.78 is 0. The molecular formula is C10H11NO2. The molecule has 0 amide bonds. The Bertz CT molecular complexity index is 377. The monoisotopic (exact) mass is 177 g/mol. The first kappa shape index (κ1) is 9.45. The summed E-state index contributed by atoms with van der Waals surface area (Å²) in [5, 5.41) is 0. The predicted octanol–water partition coefficient (Wildman–Crippen LogP) is 1.29. The number of aryl methyl sites for hydroxylation is 1. The van der Waals surface area contributed by atoms with Crippen LogP contribution in [0.3, 0.4) is 0 Å². The molecule has 0 bridgehead atoms. The molecule has 1 aromatic heterocycles. The number of nitrogens with one attached hydrogen (secondary N) is 1. The van der Waals surface area contributed by atoms with Gasteiger partial charge in [-0.3, -0.25) is 4.79 Å². The largest absolute Gasteiger partial charge is 0.328 e. The van der Waals surface area contributed by atoms with E-state index in [1.54, 1.807) is 12.3 Å². The van der Waals surface area contributed by atoms with Gasteiger partial charge in [-0.25, -0.2) is 0 Å². The number of allylic oxidation sites excluding steroid dienone is 1. The molecule has 0 aliphatic carbocycles. The molecule has 68 valence electrons. The van der Waals surface area contributed by atoms with Gasteiger partial charge in [0.15, 0.2) is 0 Å². The van der Waals surface area contributed by atoms with Crippen molar-refractivity contribution in [1.29, 1.82) is 0 Å². The van der Waals surface area contributed by atoms with Crippen molar-refractivity contribution in [2.45, 2.75) is 13.3 Å². The first-order chi connectivity index (χ1) is 6.24. The molecule has 0 saturated heterocycles. The molecule has 1 rings (SSSR count). The van der Waals surface area contributed by atoms with Gasteiger partial charge in [0.1, 0.15) is 6.29 Å². The Kier molecular flexibility index (Phi) is 3.20. The Hall–Kier alpha value is -1.64. The average molecular weight is 177 g/mol. The Morgan fingerprint density at radius 1 is 1.54 bits per heavy atom. The van der Waals surface area contributed by atoms with E-state index in [0.29, 0.717) is 6.42 Å². The van der Waals surface area contributed by atoms with E-state index in [-0.39, 0.29) is 5.56 Å². The molecule has 0 spiro atoms. The quantitative estimate of drug-likeness (QED) is 0.707. The number of carbonyl (C=O) groups excluding carboxylic acids is 1. The molecule has 0 unspecified atom stereocenters. The van der Waals surface area contributed by atoms with Gasteiger partial charge >= 0.3 is 0 Å². The van der Waals surface area contributed by atoms with Gasteiger partial charge in [-0.05, 0) is 18.1 Å². The van der Waals surface area contributed by atoms with Gasteiger partial charge in [-0.2, -0.15) is 0 Å². The second-order valence-electron chi connectivity index (χ2n) is 2.74. The fourth-order valence-corrected chi connectivity index (χ4v) is 1.01. The Morgan fingerprint density at radius 2 is 2.31 bits per heavy atom. The smallest absolute Gasteiger partial charge is 0.248 e. The third kappa shape index (κ3) is 2.71. The van der Waals surface area contributed by atoms with Gasteiger partial charge in [0, 0.05) is 18.7 Å². The summed E-state index contributed by atoms with van der Waals surface area (Å²) in [5.74, 6) is 0. The van der Waals surface area contributed by atoms with E-state index in [9.17, 15) is 9.59 Å². The summed E-state index contributed by atoms with van der Waals surface area (Å²) in [6.45, 7) is 1.86. The van der Waals surface area contributed by atoms with E-state index in [0.717, 1.165) is 17.4 Å². The van der Waals surface area contributed by atoms with E-state index >= 15 is 0 Å². The maximum atomic E-state index is 10.8. The number of pyridine rings is 1. The first-order valence-electron chi connectivity index (χ1n) is 4.03. The highest BCUT2D eigenvalue weighted by Crippen LogP contribution is 2.04. The van der Waals surface area contributed by atoms with Crippen molar-refractivity contribution in [2.24, 2.45) is 0 Å². The van der Waals surface area contributed by atoms with Crippen molar-refractivity contribution < 1.29 is 4.79 Å². The van der Waals surface area contributed by atoms with Crippen LogP contribution in [-0.2, 0) is 4.79 Å². The Balaban J connectivity index is 2.89. The lowest BCUT2D eigenvalue weighted by Gasteiger charge is -1.96. The summed E-state index contributed by atoms with van der Waals surface area (Å²) in [4.78, 5) is 23.4. The highest BCUT2D eigenvalue weighted by atomic mass is 16.1. The minimum Gasteiger partial charge on any atom is -0.328 e. The third-order valence-corrected chi connectivity index (χ3v) is 1.70. The number of hydrogen-bond acceptors (Lipinski definition) is 2. The van der Waals surface area contributed by atoms with Crippen LogP contribution in [0.15, 0.2) is 23.1 Å². The lowest BCUT2D eigenvalue weighted by molar-refractivity contribution is -0.107. The molecule has 0 radical (unpaired) electrons. The van der Waals surface area contributed by atoms with Gasteiger partial charge < -0.3 is 9.78 Å². The molecule has 13 heavy (non-hydrogen) atoms. The van der Waals surface area contributed by atoms with Crippen LogP contribution in [0.2, 0.25) is 0 Å². The van der Waals surface area contributed by atoms with Crippen LogP contribution in [-0.4, -0.2) is 11.3 Å². The Morgan fingerprint density at radius 3 is 2.92 bits per heavy atom. The van der Waals surface area contributed by atoms with E-state index < -0.39 is 0 Å². The van der Waals surface area contributed by atoms with Gasteiger partial charge in [-0.1, -0.05) is 12.2 Å². The summed E-state index contributed by atoms with van der Waals surface area (Å²) >= 11 is 0. The number of carbonyl (C=O) groups is 1. The average Bonchev–Trinajstić information content (AvgIpc) is 2.09. The van der Waals surface area contributed by atoms with Gasteiger partial charge in [0.25, 0.3) is 0 Å². The van der Waals surface area contributed by atoms with Crippen LogP contribution in [0.4, 0.5) is 0 Å². The molecular weight excluding hydrogens is 166 g/mol. The fraction of sp³-hybridized carbons (Fsp3) is 0.200. The van der Waals surface area contributed by atoms with Crippen LogP contribution in [0.1, 0.15) is 17.5 Å². The van der Waals surface area contributed by atoms with Crippen molar-refractivity contribution in [2.75, 3.05) is 0 Å². The zero-order valence-corrected chi connectivity index (χ0v) is 7.41. The second-order valence-corrected chi connectivity index (χ2v) is 2.74. The van der Waals surface area contributed by atoms with Crippen molar-refractivity contribution in [3.63, 3.8) is 0 Å². The highest BCUT2D eigenvalue weighted by molar-refractivity contribution is 5.58. The molecule has 0 aliphatic rings. The number of hydrogen-bond donors (Lipinski definition) is 1. The van der Waals surface area contributed by atoms with E-state index in [1.165, 1.54) is 6.07 Å². The van der Waals surface area contributed by atoms with Gasteiger partial charge in [-0.15, -0.1) is 0 Å². The number of rotatable bonds is 3. The minimum absolute atomic E-state index is 0.106. The molecule has 0 saturated carbocycles. The SMILES string of the molecule is Cc1cc(=O)[nH]cc1C=CCC=O. The second kappa shape index (κ2) is 4.40. The number of aldehydes is 1. The highest BCUT2D eigenvalue weighted by Gasteiger charge is 1.93. The number of H-pyrrole nitrogens is 1. The normalized spacial score (nSPS) is 10.5. The molecule has 0 fully saturated rings. The zero-order valence-electron chi connectivity index (χ0n) is 7.41. The Labute approximate surface area is 76.1 Å². The van der Waals surface area contributed by atoms with Gasteiger partial charge in [0.05, 0.1) is 0 Å². The van der Waals surface area contributed by atoms with E-state index in [4.69, 9.17) is 0 Å². The molecule has 0 atom stereocenters. The van der Waals surface area contributed by atoms with Crippen molar-refractivity contribution in [3.05, 3.63) is 39.8 Å². The summed E-state index contributed by atoms with van der Waals surface area (Å²) in [6.07, 6.45) is 6.45. The molecule has 0 aromatic carbocycles. The molecule has 1 N–H and O–H groups in total. The summed E-state index contributed by atoms with van der Waals surface area (Å²) in [5.41, 5.74) is 1.73. The molecule has 1 aromatic rings. The zero-order chi connectivity index (χ0) is 9.68. The fourth-order valence-electron chi connectivity index (χ4n) is 1.01. The van der Waals surface area contributed by atoms with Crippen LogP contribution in [0, 0.1) is 6.92 Å². The lowest BCUT2D eigenvalue weighted by atomic mass is 10.1. The van der Waals surface area contributed by atoms with Crippen LogP contribution in [0.5, 0.6) is 0 Å². The minimum atomic E-state index is -0.106. The molecule has 0 aliphatic heterocycles. The van der Waals surface area contributed by atoms with Crippen LogP contribution < -0.4 is 5.56 Å². The lowest BCUT2D eigenvalue weighted by Crippen LogP contribution is -2.04. The van der Waals surface area contributed by atoms with E-state index in [2.05, 4.69) is 4.98 Å². The molecule has 1 heterocycles. The summed E-state index contributed by atoms with van der Waals surface area (Å²) in [7, 11) is 0. The van der Waals surface area contributed by atoms with Crippen molar-refractivity contribution >= 4 is 12.4 Å². The number of aromatic amines is 1. The van der Waals surface area contributed by atoms with Crippen LogP contribution in [0.25, 0.3) is 6.08 Å². The number of aromatic nitrogens is 1. The maximum Gasteiger partial charge on any atom is 0.248 e. The first-order valence-corrected chi connectivity index (χ1v) is 4.03. The standard InChI is InChI=1S/C10H11NO2/c1-8-6-10(13)11-7-9(8)4-2-3-5-12/h2,4-7H,3H2,1H3,(H,11,13). The topological polar surface area (TPSA) is 49.9 Å². The predicted molar refractivity (Wildman–Crippen MR) is 51.5 cm³/mol. The van der Waals surface area contributed by atoms with Crippen LogP contribution >= 0.6 is 0 Å². The van der Waals surface area contributed by atoms with Crippen molar-refractivity contribution in [3.8, 4) is 0 Å². The van der Waals surface area contributed by atoms with E-state index in [1.807, 2.05) is 13.0 Å².